The quantitative estimate of drug-likeness (QED) is 0.406. The molecule has 1 saturated heterocycles. The SMILES string of the molecule is O=C1C(=O)N(C(O)C(Cl)(Cl)Cl)C(=O)N1C(O)C(Cl)(Cl)Cl. The zero-order valence-corrected chi connectivity index (χ0v) is 13.5. The Labute approximate surface area is 141 Å². The summed E-state index contributed by atoms with van der Waals surface area (Å²) >= 11 is 31.9. The van der Waals surface area contributed by atoms with E-state index in [2.05, 4.69) is 0 Å². The number of halogens is 6. The van der Waals surface area contributed by atoms with Crippen molar-refractivity contribution >= 4 is 87.5 Å². The average Bonchev–Trinajstić information content (AvgIpc) is 2.46. The molecule has 0 saturated carbocycles. The number of carbonyl (C=O) groups excluding carboxylic acids is 3. The molecule has 1 rings (SSSR count). The number of carbonyl (C=O) groups is 3. The molecule has 1 aliphatic rings. The number of hydrogen-bond donors (Lipinski definition) is 2. The number of amides is 4. The van der Waals surface area contributed by atoms with Crippen molar-refractivity contribution in [3.05, 3.63) is 0 Å². The molecule has 0 aromatic rings. The number of urea groups is 1. The Morgan fingerprint density at radius 2 is 1.00 bits per heavy atom. The van der Waals surface area contributed by atoms with E-state index in [1.165, 1.54) is 0 Å². The number of hydrogen-bond acceptors (Lipinski definition) is 5. The number of alkyl halides is 6. The minimum atomic E-state index is -2.48. The van der Waals surface area contributed by atoms with Gasteiger partial charge in [0.2, 0.25) is 7.59 Å². The van der Waals surface area contributed by atoms with Gasteiger partial charge >= 0.3 is 17.8 Å². The van der Waals surface area contributed by atoms with Gasteiger partial charge in [0.15, 0.2) is 12.5 Å². The van der Waals surface area contributed by atoms with Crippen LogP contribution in [0.4, 0.5) is 4.79 Å². The van der Waals surface area contributed by atoms with E-state index in [1.807, 2.05) is 0 Å². The van der Waals surface area contributed by atoms with Crippen LogP contribution < -0.4 is 0 Å². The van der Waals surface area contributed by atoms with Crippen LogP contribution in [0.15, 0.2) is 0 Å². The Hall–Kier alpha value is 0.270. The van der Waals surface area contributed by atoms with Crippen molar-refractivity contribution in [1.82, 2.24) is 9.80 Å². The highest BCUT2D eigenvalue weighted by molar-refractivity contribution is 6.69. The molecule has 0 radical (unpaired) electrons. The molecule has 20 heavy (non-hydrogen) atoms. The highest BCUT2D eigenvalue weighted by atomic mass is 35.6. The first kappa shape index (κ1) is 18.3. The van der Waals surface area contributed by atoms with Crippen molar-refractivity contribution in [1.29, 1.82) is 0 Å². The van der Waals surface area contributed by atoms with Gasteiger partial charge in [-0.05, 0) is 0 Å². The molecule has 2 atom stereocenters. The van der Waals surface area contributed by atoms with Gasteiger partial charge in [0, 0.05) is 0 Å². The van der Waals surface area contributed by atoms with E-state index < -0.39 is 37.9 Å². The summed E-state index contributed by atoms with van der Waals surface area (Å²) in [6, 6.07) is -1.50. The standard InChI is InChI=1S/C7H4Cl6N2O5/c8-6(9,10)3(18)14-1(16)2(17)15(5(14)20)4(19)7(11,12)13/h3-4,18-19H. The lowest BCUT2D eigenvalue weighted by Gasteiger charge is -2.28. The second-order valence-corrected chi connectivity index (χ2v) is 8.20. The number of aliphatic hydroxyl groups excluding tert-OH is 2. The van der Waals surface area contributed by atoms with Gasteiger partial charge in [-0.1, -0.05) is 69.6 Å². The Balaban J connectivity index is 3.16. The van der Waals surface area contributed by atoms with Gasteiger partial charge in [0.1, 0.15) is 0 Å². The van der Waals surface area contributed by atoms with Crippen molar-refractivity contribution < 1.29 is 24.6 Å². The summed E-state index contributed by atoms with van der Waals surface area (Å²) in [6.45, 7) is 0. The van der Waals surface area contributed by atoms with Crippen LogP contribution in [-0.2, 0) is 9.59 Å². The Morgan fingerprint density at radius 3 is 1.20 bits per heavy atom. The third-order valence-electron chi connectivity index (χ3n) is 2.11. The average molecular weight is 409 g/mol. The van der Waals surface area contributed by atoms with Crippen molar-refractivity contribution in [2.75, 3.05) is 0 Å². The van der Waals surface area contributed by atoms with Crippen LogP contribution in [-0.4, -0.2) is 57.9 Å². The van der Waals surface area contributed by atoms with Crippen molar-refractivity contribution in [2.24, 2.45) is 0 Å². The molecule has 7 nitrogen and oxygen atoms in total. The van der Waals surface area contributed by atoms with E-state index in [1.54, 1.807) is 0 Å². The minimum Gasteiger partial charge on any atom is -0.369 e. The van der Waals surface area contributed by atoms with E-state index in [9.17, 15) is 24.6 Å². The van der Waals surface area contributed by atoms with Gasteiger partial charge in [0.25, 0.3) is 0 Å². The predicted octanol–water partition coefficient (Wildman–Crippen LogP) is 1.15. The smallest absolute Gasteiger partial charge is 0.338 e. The monoisotopic (exact) mass is 406 g/mol. The minimum absolute atomic E-state index is 0.0744. The summed E-state index contributed by atoms with van der Waals surface area (Å²) in [4.78, 5) is 34.9. The maximum Gasteiger partial charge on any atom is 0.338 e. The molecule has 114 valence electrons. The van der Waals surface area contributed by atoms with Crippen LogP contribution >= 0.6 is 69.6 Å². The van der Waals surface area contributed by atoms with Crippen LogP contribution in [0.2, 0.25) is 0 Å². The maximum atomic E-state index is 11.8. The highest BCUT2D eigenvalue weighted by Crippen LogP contribution is 2.37. The first-order valence-corrected chi connectivity index (χ1v) is 6.77. The van der Waals surface area contributed by atoms with Crippen LogP contribution in [0, 0.1) is 0 Å². The molecular weight excluding hydrogens is 405 g/mol. The van der Waals surface area contributed by atoms with E-state index in [-0.39, 0.29) is 9.80 Å². The third-order valence-corrected chi connectivity index (χ3v) is 3.28. The first-order chi connectivity index (χ1) is 8.80. The Morgan fingerprint density at radius 1 is 0.750 bits per heavy atom. The normalized spacial score (nSPS) is 20.7. The molecule has 4 amide bonds. The summed E-state index contributed by atoms with van der Waals surface area (Å²) in [6.07, 6.45) is -4.55. The predicted molar refractivity (Wildman–Crippen MR) is 71.7 cm³/mol. The lowest BCUT2D eigenvalue weighted by atomic mass is 10.4. The number of nitrogens with zero attached hydrogens (tertiary/aromatic N) is 2. The summed E-state index contributed by atoms with van der Waals surface area (Å²) in [5.74, 6) is -3.11. The van der Waals surface area contributed by atoms with E-state index in [0.29, 0.717) is 0 Å². The zero-order chi connectivity index (χ0) is 16.0. The van der Waals surface area contributed by atoms with Gasteiger partial charge in [-0.15, -0.1) is 0 Å². The van der Waals surface area contributed by atoms with Crippen LogP contribution in [0.1, 0.15) is 0 Å². The van der Waals surface area contributed by atoms with Crippen LogP contribution in [0.5, 0.6) is 0 Å². The lowest BCUT2D eigenvalue weighted by molar-refractivity contribution is -0.148. The maximum absolute atomic E-state index is 11.8. The van der Waals surface area contributed by atoms with Gasteiger partial charge in [-0.2, -0.15) is 0 Å². The fourth-order valence-electron chi connectivity index (χ4n) is 1.22. The molecule has 1 heterocycles. The number of imide groups is 2. The number of rotatable bonds is 2. The Bertz CT molecular complexity index is 420. The van der Waals surface area contributed by atoms with E-state index in [4.69, 9.17) is 69.6 Å². The molecule has 0 aliphatic carbocycles. The van der Waals surface area contributed by atoms with Gasteiger partial charge < -0.3 is 10.2 Å². The summed E-state index contributed by atoms with van der Waals surface area (Å²) < 4.78 is -4.96. The third kappa shape index (κ3) is 3.36. The Kier molecular flexibility index (Phi) is 5.32. The van der Waals surface area contributed by atoms with Crippen LogP contribution in [0.3, 0.4) is 0 Å². The molecular formula is C7H4Cl6N2O5. The molecule has 0 aromatic heterocycles. The molecule has 2 unspecified atom stereocenters. The molecule has 0 aromatic carbocycles. The van der Waals surface area contributed by atoms with E-state index >= 15 is 0 Å². The van der Waals surface area contributed by atoms with Crippen molar-refractivity contribution in [3.8, 4) is 0 Å². The second-order valence-electron chi connectivity index (χ2n) is 3.46. The number of aliphatic hydroxyl groups is 2. The van der Waals surface area contributed by atoms with Crippen molar-refractivity contribution in [3.63, 3.8) is 0 Å². The summed E-state index contributed by atoms with van der Waals surface area (Å²) in [7, 11) is 0. The topological polar surface area (TPSA) is 98.2 Å². The zero-order valence-electron chi connectivity index (χ0n) is 8.94. The summed E-state index contributed by atoms with van der Waals surface area (Å²) in [5.41, 5.74) is 0. The van der Waals surface area contributed by atoms with Gasteiger partial charge in [-0.3, -0.25) is 9.59 Å². The highest BCUT2D eigenvalue weighted by Gasteiger charge is 2.57. The molecule has 1 aliphatic heterocycles. The largest absolute Gasteiger partial charge is 0.369 e. The molecule has 0 bridgehead atoms. The molecule has 1 fully saturated rings. The van der Waals surface area contributed by atoms with E-state index in [0.717, 1.165) is 0 Å². The van der Waals surface area contributed by atoms with Crippen LogP contribution in [0.25, 0.3) is 0 Å². The molecule has 2 N–H and O–H groups in total. The first-order valence-electron chi connectivity index (χ1n) is 4.50. The second kappa shape index (κ2) is 5.81. The fraction of sp³-hybridized carbons (Fsp3) is 0.571. The lowest BCUT2D eigenvalue weighted by Crippen LogP contribution is -2.51. The molecule has 0 spiro atoms. The molecule has 13 heteroatoms. The fourth-order valence-corrected chi connectivity index (χ4v) is 1.81. The van der Waals surface area contributed by atoms with Gasteiger partial charge in [0.05, 0.1) is 0 Å². The van der Waals surface area contributed by atoms with Crippen molar-refractivity contribution in [2.45, 2.75) is 20.0 Å². The van der Waals surface area contributed by atoms with Gasteiger partial charge in [-0.25, -0.2) is 14.6 Å². The summed E-state index contributed by atoms with van der Waals surface area (Å²) in [5, 5.41) is 19.2.